The summed E-state index contributed by atoms with van der Waals surface area (Å²) in [5.41, 5.74) is 1.57. The number of aryl methyl sites for hydroxylation is 1. The van der Waals surface area contributed by atoms with Crippen LogP contribution < -0.4 is 5.32 Å². The molecule has 29 heavy (non-hydrogen) atoms. The van der Waals surface area contributed by atoms with Crippen LogP contribution in [-0.4, -0.2) is 73.5 Å². The Morgan fingerprint density at radius 1 is 1.10 bits per heavy atom. The van der Waals surface area contributed by atoms with E-state index in [4.69, 9.17) is 4.74 Å². The standard InChI is InChI=1S/C22H31N3O4/c1-16-6-5-7-18(14-16)21(27)23-20(22(28)25-10-3-4-11-25)17-8-12-24(13-9-17)19(26)15-29-2/h5-7,14,17,20H,3-4,8-13,15H2,1-2H3,(H,23,27). The number of carbonyl (C=O) groups is 3. The van der Waals surface area contributed by atoms with Gasteiger partial charge in [0.05, 0.1) is 0 Å². The van der Waals surface area contributed by atoms with Gasteiger partial charge in [-0.05, 0) is 50.7 Å². The minimum atomic E-state index is -0.555. The Balaban J connectivity index is 1.71. The molecule has 3 amide bonds. The van der Waals surface area contributed by atoms with Gasteiger partial charge in [0.15, 0.2) is 0 Å². The smallest absolute Gasteiger partial charge is 0.251 e. The fourth-order valence-corrected chi connectivity index (χ4v) is 4.22. The zero-order valence-electron chi connectivity index (χ0n) is 17.4. The molecule has 2 aliphatic rings. The lowest BCUT2D eigenvalue weighted by Gasteiger charge is -2.37. The summed E-state index contributed by atoms with van der Waals surface area (Å²) in [6.45, 7) is 4.68. The molecule has 7 nitrogen and oxygen atoms in total. The van der Waals surface area contributed by atoms with Crippen LogP contribution in [0.15, 0.2) is 24.3 Å². The first kappa shape index (κ1) is 21.3. The maximum absolute atomic E-state index is 13.2. The summed E-state index contributed by atoms with van der Waals surface area (Å²) in [6.07, 6.45) is 3.39. The average Bonchev–Trinajstić information content (AvgIpc) is 3.26. The summed E-state index contributed by atoms with van der Waals surface area (Å²) in [4.78, 5) is 41.8. The van der Waals surface area contributed by atoms with E-state index in [-0.39, 0.29) is 30.2 Å². The molecule has 0 bridgehead atoms. The molecule has 7 heteroatoms. The van der Waals surface area contributed by atoms with Crippen LogP contribution >= 0.6 is 0 Å². The molecule has 0 saturated carbocycles. The Morgan fingerprint density at radius 3 is 2.41 bits per heavy atom. The number of carbonyl (C=O) groups excluding carboxylic acids is 3. The number of benzene rings is 1. The first-order valence-corrected chi connectivity index (χ1v) is 10.4. The van der Waals surface area contributed by atoms with Gasteiger partial charge in [0.2, 0.25) is 11.8 Å². The number of ether oxygens (including phenoxy) is 1. The van der Waals surface area contributed by atoms with Crippen molar-refractivity contribution in [2.75, 3.05) is 39.9 Å². The first-order valence-electron chi connectivity index (χ1n) is 10.4. The summed E-state index contributed by atoms with van der Waals surface area (Å²) < 4.78 is 4.94. The summed E-state index contributed by atoms with van der Waals surface area (Å²) >= 11 is 0. The van der Waals surface area contributed by atoms with Gasteiger partial charge in [0.1, 0.15) is 12.6 Å². The van der Waals surface area contributed by atoms with Crippen LogP contribution in [0.4, 0.5) is 0 Å². The van der Waals surface area contributed by atoms with Crippen molar-refractivity contribution < 1.29 is 19.1 Å². The largest absolute Gasteiger partial charge is 0.375 e. The van der Waals surface area contributed by atoms with E-state index in [1.54, 1.807) is 11.0 Å². The van der Waals surface area contributed by atoms with E-state index in [1.807, 2.05) is 30.0 Å². The number of amides is 3. The topological polar surface area (TPSA) is 79.0 Å². The molecule has 1 unspecified atom stereocenters. The summed E-state index contributed by atoms with van der Waals surface area (Å²) in [6, 6.07) is 6.84. The summed E-state index contributed by atoms with van der Waals surface area (Å²) in [7, 11) is 1.51. The highest BCUT2D eigenvalue weighted by atomic mass is 16.5. The average molecular weight is 402 g/mol. The lowest BCUT2D eigenvalue weighted by Crippen LogP contribution is -2.54. The molecule has 2 saturated heterocycles. The van der Waals surface area contributed by atoms with Crippen LogP contribution in [0.3, 0.4) is 0 Å². The van der Waals surface area contributed by atoms with E-state index in [9.17, 15) is 14.4 Å². The van der Waals surface area contributed by atoms with Crippen molar-refractivity contribution in [3.63, 3.8) is 0 Å². The van der Waals surface area contributed by atoms with Gasteiger partial charge in [-0.3, -0.25) is 14.4 Å². The van der Waals surface area contributed by atoms with Crippen LogP contribution in [0.5, 0.6) is 0 Å². The number of nitrogens with zero attached hydrogens (tertiary/aromatic N) is 2. The highest BCUT2D eigenvalue weighted by molar-refractivity contribution is 5.97. The van der Waals surface area contributed by atoms with Gasteiger partial charge in [-0.15, -0.1) is 0 Å². The van der Waals surface area contributed by atoms with Gasteiger partial charge in [0, 0.05) is 38.9 Å². The van der Waals surface area contributed by atoms with Gasteiger partial charge in [-0.2, -0.15) is 0 Å². The third-order valence-electron chi connectivity index (χ3n) is 5.88. The zero-order chi connectivity index (χ0) is 20.8. The van der Waals surface area contributed by atoms with E-state index in [0.717, 1.165) is 31.5 Å². The number of nitrogens with one attached hydrogen (secondary N) is 1. The number of hydrogen-bond acceptors (Lipinski definition) is 4. The third-order valence-corrected chi connectivity index (χ3v) is 5.88. The van der Waals surface area contributed by atoms with Crippen molar-refractivity contribution in [2.24, 2.45) is 5.92 Å². The molecular weight excluding hydrogens is 370 g/mol. The maximum Gasteiger partial charge on any atom is 0.251 e. The Hall–Kier alpha value is -2.41. The van der Waals surface area contributed by atoms with Crippen LogP contribution in [0.1, 0.15) is 41.6 Å². The van der Waals surface area contributed by atoms with E-state index in [1.165, 1.54) is 7.11 Å². The van der Waals surface area contributed by atoms with Crippen molar-refractivity contribution in [1.82, 2.24) is 15.1 Å². The molecule has 2 fully saturated rings. The SMILES string of the molecule is COCC(=O)N1CCC(C(NC(=O)c2cccc(C)c2)C(=O)N2CCCC2)CC1. The molecule has 1 atom stereocenters. The Labute approximate surface area is 172 Å². The second-order valence-electron chi connectivity index (χ2n) is 8.00. The predicted molar refractivity (Wildman–Crippen MR) is 109 cm³/mol. The molecule has 1 aromatic carbocycles. The number of piperidine rings is 1. The minimum Gasteiger partial charge on any atom is -0.375 e. The molecule has 158 valence electrons. The van der Waals surface area contributed by atoms with Gasteiger partial charge >= 0.3 is 0 Å². The number of hydrogen-bond donors (Lipinski definition) is 1. The van der Waals surface area contributed by atoms with Gasteiger partial charge < -0.3 is 19.9 Å². The Bertz CT molecular complexity index is 737. The summed E-state index contributed by atoms with van der Waals surface area (Å²) in [5.74, 6) is -0.227. The van der Waals surface area contributed by atoms with Crippen molar-refractivity contribution >= 4 is 17.7 Å². The van der Waals surface area contributed by atoms with Crippen LogP contribution in [0.2, 0.25) is 0 Å². The van der Waals surface area contributed by atoms with E-state index >= 15 is 0 Å². The molecular formula is C22H31N3O4. The normalized spacial score (nSPS) is 18.6. The lowest BCUT2D eigenvalue weighted by molar-refractivity contribution is -0.137. The molecule has 3 rings (SSSR count). The van der Waals surface area contributed by atoms with E-state index in [0.29, 0.717) is 31.5 Å². The van der Waals surface area contributed by atoms with E-state index < -0.39 is 6.04 Å². The minimum absolute atomic E-state index is 0.00479. The molecule has 2 aliphatic heterocycles. The fourth-order valence-electron chi connectivity index (χ4n) is 4.22. The van der Waals surface area contributed by atoms with Gasteiger partial charge in [-0.25, -0.2) is 0 Å². The molecule has 1 aromatic rings. The van der Waals surface area contributed by atoms with Gasteiger partial charge in [0.25, 0.3) is 5.91 Å². The number of methoxy groups -OCH3 is 1. The number of rotatable bonds is 6. The zero-order valence-corrected chi connectivity index (χ0v) is 17.4. The van der Waals surface area contributed by atoms with E-state index in [2.05, 4.69) is 5.32 Å². The van der Waals surface area contributed by atoms with Crippen molar-refractivity contribution in [2.45, 2.75) is 38.6 Å². The molecule has 2 heterocycles. The highest BCUT2D eigenvalue weighted by Crippen LogP contribution is 2.24. The second-order valence-corrected chi connectivity index (χ2v) is 8.00. The molecule has 0 radical (unpaired) electrons. The van der Waals surface area contributed by atoms with Crippen LogP contribution in [0.25, 0.3) is 0 Å². The number of likely N-dealkylation sites (tertiary alicyclic amines) is 2. The van der Waals surface area contributed by atoms with Gasteiger partial charge in [-0.1, -0.05) is 17.7 Å². The predicted octanol–water partition coefficient (Wildman–Crippen LogP) is 1.60. The van der Waals surface area contributed by atoms with Crippen molar-refractivity contribution in [3.8, 4) is 0 Å². The Kier molecular flexibility index (Phi) is 7.25. The van der Waals surface area contributed by atoms with Crippen LogP contribution in [-0.2, 0) is 14.3 Å². The monoisotopic (exact) mass is 401 g/mol. The molecule has 0 aromatic heterocycles. The lowest BCUT2D eigenvalue weighted by atomic mass is 9.88. The molecule has 0 spiro atoms. The van der Waals surface area contributed by atoms with Crippen molar-refractivity contribution in [3.05, 3.63) is 35.4 Å². The molecule has 0 aliphatic carbocycles. The molecule has 1 N–H and O–H groups in total. The maximum atomic E-state index is 13.2. The quantitative estimate of drug-likeness (QED) is 0.785. The third kappa shape index (κ3) is 5.35. The summed E-state index contributed by atoms with van der Waals surface area (Å²) in [5, 5.41) is 3.02. The van der Waals surface area contributed by atoms with Crippen LogP contribution in [0, 0.1) is 12.8 Å². The second kappa shape index (κ2) is 9.87. The first-order chi connectivity index (χ1) is 14.0. The highest BCUT2D eigenvalue weighted by Gasteiger charge is 2.36. The van der Waals surface area contributed by atoms with Crippen molar-refractivity contribution in [1.29, 1.82) is 0 Å². The fraction of sp³-hybridized carbons (Fsp3) is 0.591. The Morgan fingerprint density at radius 2 is 1.79 bits per heavy atom.